The van der Waals surface area contributed by atoms with Crippen LogP contribution in [-0.4, -0.2) is 85.7 Å². The molecule has 0 aliphatic carbocycles. The Balaban J connectivity index is 1.04. The molecular weight excluding hydrogens is 576 g/mol. The van der Waals surface area contributed by atoms with Crippen molar-refractivity contribution in [2.75, 3.05) is 39.4 Å². The molecule has 0 bridgehead atoms. The van der Waals surface area contributed by atoms with Crippen LogP contribution in [-0.2, 0) is 0 Å². The topological polar surface area (TPSA) is 113 Å². The summed E-state index contributed by atoms with van der Waals surface area (Å²) in [7, 11) is 4.90. The fraction of sp³-hybridized carbons (Fsp3) is 0.441. The molecule has 238 valence electrons. The minimum Gasteiger partial charge on any atom is -0.493 e. The fourth-order valence-electron chi connectivity index (χ4n) is 6.39. The Hall–Kier alpha value is -4.51. The number of rotatable bonds is 10. The lowest BCUT2D eigenvalue weighted by Gasteiger charge is -2.31. The van der Waals surface area contributed by atoms with E-state index in [1.807, 2.05) is 32.5 Å². The van der Waals surface area contributed by atoms with E-state index in [0.717, 1.165) is 36.8 Å². The fourth-order valence-corrected chi connectivity index (χ4v) is 6.39. The molecule has 11 nitrogen and oxygen atoms in total. The van der Waals surface area contributed by atoms with Gasteiger partial charge in [-0.3, -0.25) is 14.6 Å². The highest BCUT2D eigenvalue weighted by Gasteiger charge is 2.41. The maximum absolute atomic E-state index is 13.4. The van der Waals surface area contributed by atoms with E-state index in [9.17, 15) is 14.7 Å². The van der Waals surface area contributed by atoms with Crippen molar-refractivity contribution in [3.63, 3.8) is 0 Å². The predicted molar refractivity (Wildman–Crippen MR) is 170 cm³/mol. The zero-order chi connectivity index (χ0) is 31.8. The summed E-state index contributed by atoms with van der Waals surface area (Å²) >= 11 is 0. The first-order valence-corrected chi connectivity index (χ1v) is 15.3. The molecule has 1 N–H and O–H groups in total. The van der Waals surface area contributed by atoms with Crippen LogP contribution in [0.5, 0.6) is 23.0 Å². The molecule has 4 heterocycles. The highest BCUT2D eigenvalue weighted by atomic mass is 16.5. The third-order valence-electron chi connectivity index (χ3n) is 8.80. The summed E-state index contributed by atoms with van der Waals surface area (Å²) in [6.45, 7) is 4.88. The van der Waals surface area contributed by atoms with Crippen molar-refractivity contribution < 1.29 is 33.6 Å². The van der Waals surface area contributed by atoms with Crippen molar-refractivity contribution in [1.82, 2.24) is 9.80 Å². The van der Waals surface area contributed by atoms with Gasteiger partial charge in [-0.05, 0) is 58.1 Å². The second-order valence-corrected chi connectivity index (χ2v) is 12.0. The monoisotopic (exact) mass is 616 g/mol. The van der Waals surface area contributed by atoms with Crippen LogP contribution in [0.15, 0.2) is 52.8 Å². The van der Waals surface area contributed by atoms with Crippen LogP contribution >= 0.6 is 0 Å². The van der Waals surface area contributed by atoms with E-state index in [-0.39, 0.29) is 23.9 Å². The Labute approximate surface area is 263 Å². The second-order valence-electron chi connectivity index (χ2n) is 12.0. The quantitative estimate of drug-likeness (QED) is 0.369. The largest absolute Gasteiger partial charge is 0.493 e. The third-order valence-corrected chi connectivity index (χ3v) is 8.80. The number of ether oxygens (including phenoxy) is 4. The summed E-state index contributed by atoms with van der Waals surface area (Å²) < 4.78 is 23.3. The minimum absolute atomic E-state index is 0.0669. The van der Waals surface area contributed by atoms with Crippen molar-refractivity contribution in [2.24, 2.45) is 4.99 Å². The summed E-state index contributed by atoms with van der Waals surface area (Å²) in [5.74, 6) is 1.76. The molecule has 0 saturated carbocycles. The number of hydrogen-bond donors (Lipinski definition) is 1. The number of nitrogens with zero attached hydrogens (tertiary/aromatic N) is 4. The van der Waals surface area contributed by atoms with Gasteiger partial charge in [0.1, 0.15) is 6.23 Å². The Morgan fingerprint density at radius 2 is 1.40 bits per heavy atom. The van der Waals surface area contributed by atoms with Gasteiger partial charge in [0.2, 0.25) is 0 Å². The smallest absolute Gasteiger partial charge is 0.260 e. The molecule has 0 spiro atoms. The number of amides is 2. The van der Waals surface area contributed by atoms with E-state index in [4.69, 9.17) is 18.9 Å². The van der Waals surface area contributed by atoms with Crippen LogP contribution in [0.1, 0.15) is 66.7 Å². The molecule has 45 heavy (non-hydrogen) atoms. The molecule has 4 aliphatic rings. The van der Waals surface area contributed by atoms with Gasteiger partial charge >= 0.3 is 0 Å². The van der Waals surface area contributed by atoms with Gasteiger partial charge in [0.05, 0.1) is 62.0 Å². The van der Waals surface area contributed by atoms with Gasteiger partial charge in [-0.2, -0.15) is 0 Å². The summed E-state index contributed by atoms with van der Waals surface area (Å²) in [5.41, 5.74) is 4.33. The summed E-state index contributed by atoms with van der Waals surface area (Å²) in [4.78, 5) is 36.3. The number of aliphatic hydroxyl groups excluding tert-OH is 1. The summed E-state index contributed by atoms with van der Waals surface area (Å²) in [5, 5.41) is 11.0. The number of carbonyl (C=O) groups excluding carboxylic acids is 2. The third kappa shape index (κ3) is 5.72. The average Bonchev–Trinajstić information content (AvgIpc) is 3.58. The molecule has 3 atom stereocenters. The molecule has 11 heteroatoms. The first-order chi connectivity index (χ1) is 21.7. The Bertz CT molecular complexity index is 1600. The number of likely N-dealkylation sites (N-methyl/N-ethyl adjacent to an activating group) is 1. The maximum atomic E-state index is 13.4. The van der Waals surface area contributed by atoms with Gasteiger partial charge in [-0.15, -0.1) is 0 Å². The molecule has 0 aromatic heterocycles. The van der Waals surface area contributed by atoms with Crippen LogP contribution in [0.25, 0.3) is 0 Å². The molecule has 2 unspecified atom stereocenters. The SMILES string of the molecule is COc1cc2c(cc1OCCCCCOc1cc3c(cc1OC)C(=O)N1C=C(C)CC1C(O)N3C)N=C[C@@H]1CC(C)=CN1C2=O. The van der Waals surface area contributed by atoms with Crippen LogP contribution in [0.3, 0.4) is 0 Å². The maximum Gasteiger partial charge on any atom is 0.260 e. The van der Waals surface area contributed by atoms with Crippen molar-refractivity contribution >= 4 is 29.4 Å². The van der Waals surface area contributed by atoms with E-state index in [2.05, 4.69) is 4.99 Å². The van der Waals surface area contributed by atoms with Gasteiger partial charge in [-0.25, -0.2) is 0 Å². The van der Waals surface area contributed by atoms with Gasteiger partial charge in [0, 0.05) is 37.8 Å². The standard InChI is InChI=1S/C34H40N4O7/c1-20-11-22-17-35-25-15-30(28(42-4)13-23(25)32(39)37(22)18-20)44-9-7-6-8-10-45-31-16-26-24(14-29(31)43-5)33(40)38-19-21(2)12-27(38)34(41)36(26)3/h13-19,22,27,34,41H,6-12H2,1-5H3/t22-,27?,34?/m0/s1. The summed E-state index contributed by atoms with van der Waals surface area (Å²) in [6.07, 6.45) is 8.48. The van der Waals surface area contributed by atoms with Crippen molar-refractivity contribution in [2.45, 2.75) is 64.3 Å². The Morgan fingerprint density at radius 3 is 2.09 bits per heavy atom. The van der Waals surface area contributed by atoms with E-state index < -0.39 is 6.23 Å². The van der Waals surface area contributed by atoms with Crippen molar-refractivity contribution in [3.05, 3.63) is 58.9 Å². The molecule has 0 saturated heterocycles. The van der Waals surface area contributed by atoms with Gasteiger partial charge in [-0.1, -0.05) is 11.1 Å². The van der Waals surface area contributed by atoms with Crippen molar-refractivity contribution in [3.8, 4) is 23.0 Å². The number of benzene rings is 2. The molecule has 2 amide bonds. The average molecular weight is 617 g/mol. The Morgan fingerprint density at radius 1 is 0.800 bits per heavy atom. The molecular formula is C34H40N4O7. The number of fused-ring (bicyclic) bond motifs is 4. The molecule has 2 aromatic carbocycles. The van der Waals surface area contributed by atoms with Crippen LogP contribution in [0, 0.1) is 0 Å². The zero-order valence-corrected chi connectivity index (χ0v) is 26.4. The number of aliphatic imine (C=N–C) groups is 1. The number of carbonyl (C=O) groups is 2. The number of hydrogen-bond acceptors (Lipinski definition) is 9. The van der Waals surface area contributed by atoms with E-state index >= 15 is 0 Å². The lowest BCUT2D eigenvalue weighted by Crippen LogP contribution is -2.46. The first kappa shape index (κ1) is 30.5. The molecule has 6 rings (SSSR count). The van der Waals surface area contributed by atoms with Crippen LogP contribution in [0.2, 0.25) is 0 Å². The lowest BCUT2D eigenvalue weighted by molar-refractivity contribution is 0.0590. The highest BCUT2D eigenvalue weighted by Crippen LogP contribution is 2.41. The van der Waals surface area contributed by atoms with Crippen LogP contribution < -0.4 is 23.8 Å². The second kappa shape index (κ2) is 12.5. The number of aliphatic hydroxyl groups is 1. The normalized spacial score (nSPS) is 21.7. The van der Waals surface area contributed by atoms with Gasteiger partial charge in [0.15, 0.2) is 23.0 Å². The highest BCUT2D eigenvalue weighted by molar-refractivity contribution is 6.04. The minimum atomic E-state index is -0.852. The van der Waals surface area contributed by atoms with E-state index in [0.29, 0.717) is 65.1 Å². The number of anilines is 1. The van der Waals surface area contributed by atoms with E-state index in [1.54, 1.807) is 60.2 Å². The first-order valence-electron chi connectivity index (χ1n) is 15.3. The van der Waals surface area contributed by atoms with Gasteiger partial charge in [0.25, 0.3) is 11.8 Å². The van der Waals surface area contributed by atoms with Crippen molar-refractivity contribution in [1.29, 1.82) is 0 Å². The number of methoxy groups -OCH3 is 2. The molecule has 0 fully saturated rings. The van der Waals surface area contributed by atoms with E-state index in [1.165, 1.54) is 0 Å². The molecule has 4 aliphatic heterocycles. The molecule has 0 radical (unpaired) electrons. The summed E-state index contributed by atoms with van der Waals surface area (Å²) in [6, 6.07) is 6.55. The predicted octanol–water partition coefficient (Wildman–Crippen LogP) is 5.05. The zero-order valence-electron chi connectivity index (χ0n) is 26.4. The lowest BCUT2D eigenvalue weighted by atomic mass is 10.1. The number of unbranched alkanes of at least 4 members (excludes halogenated alkanes) is 2. The van der Waals surface area contributed by atoms with Gasteiger partial charge < -0.3 is 38.8 Å². The molecule has 2 aromatic rings. The Kier molecular flexibility index (Phi) is 8.46. The van der Waals surface area contributed by atoms with Crippen LogP contribution in [0.4, 0.5) is 11.4 Å².